The molecule has 3 nitrogen and oxygen atoms in total. The third-order valence-corrected chi connectivity index (χ3v) is 12.5. The predicted octanol–water partition coefficient (Wildman–Crippen LogP) is 8.63. The van der Waals surface area contributed by atoms with Gasteiger partial charge >= 0.3 is 5.97 Å². The number of carbonyl (C=O) groups excluding carboxylic acids is 1. The van der Waals surface area contributed by atoms with Crippen molar-refractivity contribution in [3.8, 4) is 0 Å². The van der Waals surface area contributed by atoms with Crippen LogP contribution >= 0.6 is 0 Å². The molecular formula is C34H56O3. The molecule has 0 aliphatic heterocycles. The Morgan fingerprint density at radius 3 is 2.54 bits per heavy atom. The van der Waals surface area contributed by atoms with Gasteiger partial charge in [0.05, 0.1) is 11.5 Å². The minimum atomic E-state index is -0.533. The van der Waals surface area contributed by atoms with Gasteiger partial charge in [-0.25, -0.2) is 0 Å². The highest BCUT2D eigenvalue weighted by molar-refractivity contribution is 5.72. The average molecular weight is 513 g/mol. The Morgan fingerprint density at radius 1 is 1.05 bits per heavy atom. The molecule has 0 aromatic heterocycles. The van der Waals surface area contributed by atoms with Crippen LogP contribution in [0.25, 0.3) is 0 Å². The summed E-state index contributed by atoms with van der Waals surface area (Å²) in [5.41, 5.74) is 1.90. The maximum atomic E-state index is 12.8. The molecule has 5 aliphatic rings. The maximum absolute atomic E-state index is 12.8. The van der Waals surface area contributed by atoms with E-state index in [2.05, 4.69) is 26.8 Å². The Bertz CT molecular complexity index is 848. The highest BCUT2D eigenvalue weighted by Crippen LogP contribution is 2.67. The number of esters is 1. The molecular weight excluding hydrogens is 456 g/mol. The molecule has 0 saturated heterocycles. The lowest BCUT2D eigenvalue weighted by Gasteiger charge is -2.58. The van der Waals surface area contributed by atoms with Crippen LogP contribution in [0.15, 0.2) is 11.6 Å². The van der Waals surface area contributed by atoms with Crippen LogP contribution in [0.4, 0.5) is 0 Å². The highest BCUT2D eigenvalue weighted by atomic mass is 16.5. The second-order valence-electron chi connectivity index (χ2n) is 15.3. The van der Waals surface area contributed by atoms with Crippen molar-refractivity contribution in [1.29, 1.82) is 0 Å². The SMILES string of the molecule is C[C@H](CCCC(C)(C)O)[C@H]1CC[C@H]2[C@@H]3CC=C4C[C@@H](OC(=O)C5CCCCC5)CC[C@]4(C)[C@H]3CC[C@]12C. The summed E-state index contributed by atoms with van der Waals surface area (Å²) < 4.78 is 6.14. The predicted molar refractivity (Wildman–Crippen MR) is 151 cm³/mol. The van der Waals surface area contributed by atoms with Gasteiger partial charge in [-0.15, -0.1) is 0 Å². The molecule has 4 fully saturated rings. The van der Waals surface area contributed by atoms with Gasteiger partial charge in [-0.2, -0.15) is 0 Å². The smallest absolute Gasteiger partial charge is 0.309 e. The van der Waals surface area contributed by atoms with E-state index in [-0.39, 0.29) is 18.0 Å². The number of rotatable bonds is 7. The van der Waals surface area contributed by atoms with Crippen molar-refractivity contribution >= 4 is 5.97 Å². The fraction of sp³-hybridized carbons (Fsp3) is 0.912. The summed E-state index contributed by atoms with van der Waals surface area (Å²) in [6.07, 6.45) is 21.9. The lowest BCUT2D eigenvalue weighted by Crippen LogP contribution is -2.51. The summed E-state index contributed by atoms with van der Waals surface area (Å²) in [4.78, 5) is 12.8. The average Bonchev–Trinajstić information content (AvgIpc) is 3.21. The van der Waals surface area contributed by atoms with Gasteiger partial charge in [-0.1, -0.05) is 64.5 Å². The van der Waals surface area contributed by atoms with Crippen LogP contribution in [0.1, 0.15) is 137 Å². The van der Waals surface area contributed by atoms with Crippen molar-refractivity contribution < 1.29 is 14.6 Å². The third kappa shape index (κ3) is 5.46. The first-order valence-corrected chi connectivity index (χ1v) is 16.1. The van der Waals surface area contributed by atoms with Crippen molar-refractivity contribution in [2.24, 2.45) is 46.3 Å². The molecule has 4 saturated carbocycles. The molecule has 0 aromatic carbocycles. The van der Waals surface area contributed by atoms with Gasteiger partial charge in [0, 0.05) is 6.42 Å². The zero-order valence-electron chi connectivity index (χ0n) is 24.7. The summed E-state index contributed by atoms with van der Waals surface area (Å²) in [6.45, 7) is 11.6. The Morgan fingerprint density at radius 2 is 1.81 bits per heavy atom. The molecule has 0 unspecified atom stereocenters. The molecule has 5 aliphatic carbocycles. The first-order valence-electron chi connectivity index (χ1n) is 16.1. The molecule has 0 radical (unpaired) electrons. The van der Waals surface area contributed by atoms with E-state index in [0.29, 0.717) is 10.8 Å². The van der Waals surface area contributed by atoms with E-state index in [1.54, 1.807) is 5.57 Å². The molecule has 210 valence electrons. The molecule has 37 heavy (non-hydrogen) atoms. The number of hydrogen-bond donors (Lipinski definition) is 1. The zero-order valence-corrected chi connectivity index (χ0v) is 24.7. The van der Waals surface area contributed by atoms with Crippen LogP contribution < -0.4 is 0 Å². The molecule has 0 bridgehead atoms. The Kier molecular flexibility index (Phi) is 7.96. The quantitative estimate of drug-likeness (QED) is 0.274. The fourth-order valence-electron chi connectivity index (χ4n) is 10.4. The van der Waals surface area contributed by atoms with Crippen LogP contribution in [0.5, 0.6) is 0 Å². The lowest BCUT2D eigenvalue weighted by atomic mass is 9.47. The van der Waals surface area contributed by atoms with Gasteiger partial charge < -0.3 is 9.84 Å². The van der Waals surface area contributed by atoms with Gasteiger partial charge in [0.1, 0.15) is 6.10 Å². The van der Waals surface area contributed by atoms with Crippen LogP contribution in [0.3, 0.4) is 0 Å². The number of fused-ring (bicyclic) bond motifs is 5. The van der Waals surface area contributed by atoms with Crippen molar-refractivity contribution in [3.05, 3.63) is 11.6 Å². The van der Waals surface area contributed by atoms with Crippen LogP contribution in [-0.2, 0) is 9.53 Å². The van der Waals surface area contributed by atoms with Gasteiger partial charge in [0.2, 0.25) is 0 Å². The third-order valence-electron chi connectivity index (χ3n) is 12.5. The molecule has 0 aromatic rings. The molecule has 5 rings (SSSR count). The summed E-state index contributed by atoms with van der Waals surface area (Å²) in [5.74, 6) is 4.37. The van der Waals surface area contributed by atoms with E-state index in [9.17, 15) is 9.90 Å². The van der Waals surface area contributed by atoms with Crippen LogP contribution in [0.2, 0.25) is 0 Å². The molecule has 0 amide bonds. The Hall–Kier alpha value is -0.830. The molecule has 8 atom stereocenters. The van der Waals surface area contributed by atoms with E-state index < -0.39 is 5.60 Å². The monoisotopic (exact) mass is 512 g/mol. The molecule has 0 spiro atoms. The summed E-state index contributed by atoms with van der Waals surface area (Å²) in [7, 11) is 0. The number of carbonyl (C=O) groups is 1. The normalized spacial score (nSPS) is 41.2. The fourth-order valence-corrected chi connectivity index (χ4v) is 10.4. The molecule has 0 heterocycles. The van der Waals surface area contributed by atoms with E-state index in [1.807, 2.05) is 13.8 Å². The van der Waals surface area contributed by atoms with Crippen molar-refractivity contribution in [2.45, 2.75) is 149 Å². The zero-order chi connectivity index (χ0) is 26.4. The number of ether oxygens (including phenoxy) is 1. The van der Waals surface area contributed by atoms with Crippen molar-refractivity contribution in [2.75, 3.05) is 0 Å². The number of allylic oxidation sites excluding steroid dienone is 1. The standard InChI is InChI=1S/C34H56O3/c1-23(10-9-19-32(2,3)36)28-15-16-29-27-14-13-25-22-26(37-31(35)24-11-7-6-8-12-24)17-20-33(25,4)30(27)18-21-34(28,29)5/h13,23-24,26-30,36H,6-12,14-22H2,1-5H3/t23-,26+,27+,28-,29+,30+,33+,34-/m1/s1. The number of aliphatic hydroxyl groups is 1. The second kappa shape index (κ2) is 10.6. The minimum Gasteiger partial charge on any atom is -0.462 e. The first kappa shape index (κ1) is 27.7. The minimum absolute atomic E-state index is 0.102. The highest BCUT2D eigenvalue weighted by Gasteiger charge is 2.59. The maximum Gasteiger partial charge on any atom is 0.309 e. The van der Waals surface area contributed by atoms with E-state index in [1.165, 1.54) is 64.2 Å². The van der Waals surface area contributed by atoms with Gasteiger partial charge in [-0.3, -0.25) is 4.79 Å². The second-order valence-corrected chi connectivity index (χ2v) is 15.3. The van der Waals surface area contributed by atoms with Gasteiger partial charge in [-0.05, 0) is 118 Å². The molecule has 1 N–H and O–H groups in total. The summed E-state index contributed by atoms with van der Waals surface area (Å²) in [5, 5.41) is 10.2. The Balaban J connectivity index is 1.22. The number of hydrogen-bond acceptors (Lipinski definition) is 3. The van der Waals surface area contributed by atoms with E-state index in [0.717, 1.165) is 68.1 Å². The lowest BCUT2D eigenvalue weighted by molar-refractivity contribution is -0.157. The summed E-state index contributed by atoms with van der Waals surface area (Å²) in [6, 6.07) is 0. The first-order chi connectivity index (χ1) is 17.5. The molecule has 3 heteroatoms. The largest absolute Gasteiger partial charge is 0.462 e. The van der Waals surface area contributed by atoms with Gasteiger partial charge in [0.25, 0.3) is 0 Å². The Labute approximate surface area is 227 Å². The summed E-state index contributed by atoms with van der Waals surface area (Å²) >= 11 is 0. The van der Waals surface area contributed by atoms with Crippen LogP contribution in [-0.4, -0.2) is 22.8 Å². The van der Waals surface area contributed by atoms with Crippen LogP contribution in [0, 0.1) is 46.3 Å². The van der Waals surface area contributed by atoms with Crippen molar-refractivity contribution in [1.82, 2.24) is 0 Å². The van der Waals surface area contributed by atoms with E-state index in [4.69, 9.17) is 4.74 Å². The van der Waals surface area contributed by atoms with E-state index >= 15 is 0 Å². The topological polar surface area (TPSA) is 46.5 Å². The van der Waals surface area contributed by atoms with Gasteiger partial charge in [0.15, 0.2) is 0 Å². The van der Waals surface area contributed by atoms with Crippen molar-refractivity contribution in [3.63, 3.8) is 0 Å².